The molecule has 22 heavy (non-hydrogen) atoms. The van der Waals surface area contributed by atoms with Gasteiger partial charge in [-0.25, -0.2) is 0 Å². The summed E-state index contributed by atoms with van der Waals surface area (Å²) in [6, 6.07) is 4.98. The summed E-state index contributed by atoms with van der Waals surface area (Å²) in [6.07, 6.45) is 0. The van der Waals surface area contributed by atoms with Crippen LogP contribution in [0.2, 0.25) is 0 Å². The van der Waals surface area contributed by atoms with Crippen molar-refractivity contribution in [3.8, 4) is 5.75 Å². The molecular weight excluding hydrogens is 286 g/mol. The Morgan fingerprint density at radius 3 is 2.95 bits per heavy atom. The van der Waals surface area contributed by atoms with Crippen LogP contribution in [0.25, 0.3) is 0 Å². The number of benzene rings is 1. The summed E-state index contributed by atoms with van der Waals surface area (Å²) < 4.78 is 5.33. The second-order valence-electron chi connectivity index (χ2n) is 5.87. The summed E-state index contributed by atoms with van der Waals surface area (Å²) in [6.45, 7) is 1.66. The second kappa shape index (κ2) is 4.72. The van der Waals surface area contributed by atoms with Crippen molar-refractivity contribution >= 4 is 23.4 Å². The second-order valence-corrected chi connectivity index (χ2v) is 5.87. The van der Waals surface area contributed by atoms with Crippen LogP contribution in [0.1, 0.15) is 10.4 Å². The van der Waals surface area contributed by atoms with Crippen LogP contribution in [0.4, 0.5) is 5.69 Å². The minimum atomic E-state index is -0.204. The first-order valence-corrected chi connectivity index (χ1v) is 7.25. The number of carbonyl (C=O) groups excluding carboxylic acids is 3. The van der Waals surface area contributed by atoms with E-state index in [-0.39, 0.29) is 36.2 Å². The molecule has 7 heteroatoms. The van der Waals surface area contributed by atoms with E-state index in [1.807, 2.05) is 0 Å². The fourth-order valence-corrected chi connectivity index (χ4v) is 3.29. The summed E-state index contributed by atoms with van der Waals surface area (Å²) in [5.74, 6) is 0.358. The van der Waals surface area contributed by atoms with Crippen LogP contribution in [0.15, 0.2) is 18.2 Å². The molecule has 2 atom stereocenters. The van der Waals surface area contributed by atoms with E-state index in [0.29, 0.717) is 36.6 Å². The Kier molecular flexibility index (Phi) is 2.82. The number of likely N-dealkylation sites (tertiary alicyclic amines) is 1. The normalized spacial score (nSPS) is 25.9. The summed E-state index contributed by atoms with van der Waals surface area (Å²) in [4.78, 5) is 37.2. The molecule has 2 saturated heterocycles. The first-order chi connectivity index (χ1) is 10.6. The zero-order valence-corrected chi connectivity index (χ0v) is 11.8. The third-order valence-electron chi connectivity index (χ3n) is 4.46. The van der Waals surface area contributed by atoms with Gasteiger partial charge in [0.2, 0.25) is 5.91 Å². The summed E-state index contributed by atoms with van der Waals surface area (Å²) >= 11 is 0. The number of carbonyl (C=O) groups is 3. The lowest BCUT2D eigenvalue weighted by Crippen LogP contribution is -2.33. The van der Waals surface area contributed by atoms with Gasteiger partial charge in [0.15, 0.2) is 6.61 Å². The Balaban J connectivity index is 1.54. The maximum Gasteiger partial charge on any atom is 0.262 e. The van der Waals surface area contributed by atoms with E-state index in [9.17, 15) is 14.4 Å². The highest BCUT2D eigenvalue weighted by molar-refractivity contribution is 5.99. The topological polar surface area (TPSA) is 87.7 Å². The van der Waals surface area contributed by atoms with E-state index in [2.05, 4.69) is 10.6 Å². The van der Waals surface area contributed by atoms with Crippen LogP contribution >= 0.6 is 0 Å². The molecule has 7 nitrogen and oxygen atoms in total. The Morgan fingerprint density at radius 2 is 2.14 bits per heavy atom. The average Bonchev–Trinajstić information content (AvgIpc) is 3.08. The number of hydrogen-bond donors (Lipinski definition) is 2. The molecule has 0 spiro atoms. The van der Waals surface area contributed by atoms with Gasteiger partial charge in [0.1, 0.15) is 5.75 Å². The predicted octanol–water partition coefficient (Wildman–Crippen LogP) is -0.165. The number of ether oxygens (including phenoxy) is 1. The van der Waals surface area contributed by atoms with Crippen molar-refractivity contribution in [3.05, 3.63) is 23.8 Å². The molecule has 3 heterocycles. The van der Waals surface area contributed by atoms with E-state index >= 15 is 0 Å². The van der Waals surface area contributed by atoms with Crippen molar-refractivity contribution in [1.29, 1.82) is 0 Å². The van der Waals surface area contributed by atoms with E-state index in [0.717, 1.165) is 0 Å². The zero-order valence-electron chi connectivity index (χ0n) is 11.8. The molecule has 0 radical (unpaired) electrons. The fraction of sp³-hybridized carbons (Fsp3) is 0.400. The maximum absolute atomic E-state index is 12.6. The van der Waals surface area contributed by atoms with Gasteiger partial charge in [-0.1, -0.05) is 0 Å². The van der Waals surface area contributed by atoms with E-state index in [1.54, 1.807) is 23.1 Å². The number of anilines is 1. The average molecular weight is 301 g/mol. The van der Waals surface area contributed by atoms with Crippen molar-refractivity contribution in [1.82, 2.24) is 10.2 Å². The number of nitrogens with zero attached hydrogens (tertiary/aromatic N) is 1. The molecule has 0 unspecified atom stereocenters. The smallest absolute Gasteiger partial charge is 0.262 e. The standard InChI is InChI=1S/C15H15N3O4/c19-13-7-22-12-3-8(1-2-11(12)17-13)15(21)18-5-9-4-16-14(20)10(9)6-18/h1-3,9-10H,4-7H2,(H,16,20)(H,17,19)/t9-,10+/m0/s1. The molecular formula is C15H15N3O4. The lowest BCUT2D eigenvalue weighted by molar-refractivity contribution is -0.122. The minimum Gasteiger partial charge on any atom is -0.482 e. The SMILES string of the molecule is O=C1COc2cc(C(=O)N3C[C@@H]4CNC(=O)[C@@H]4C3)ccc2N1. The fourth-order valence-electron chi connectivity index (χ4n) is 3.29. The highest BCUT2D eigenvalue weighted by Gasteiger charge is 2.43. The van der Waals surface area contributed by atoms with Crippen molar-refractivity contribution in [2.75, 3.05) is 31.6 Å². The van der Waals surface area contributed by atoms with Gasteiger partial charge in [-0.15, -0.1) is 0 Å². The number of nitrogens with one attached hydrogen (secondary N) is 2. The van der Waals surface area contributed by atoms with Crippen molar-refractivity contribution < 1.29 is 19.1 Å². The lowest BCUT2D eigenvalue weighted by Gasteiger charge is -2.21. The molecule has 0 bridgehead atoms. The number of rotatable bonds is 1. The summed E-state index contributed by atoms with van der Waals surface area (Å²) in [7, 11) is 0. The predicted molar refractivity (Wildman–Crippen MR) is 76.5 cm³/mol. The van der Waals surface area contributed by atoms with Gasteiger partial charge >= 0.3 is 0 Å². The molecule has 3 amide bonds. The highest BCUT2D eigenvalue weighted by Crippen LogP contribution is 2.31. The van der Waals surface area contributed by atoms with Gasteiger partial charge in [-0.2, -0.15) is 0 Å². The number of fused-ring (bicyclic) bond motifs is 2. The summed E-state index contributed by atoms with van der Waals surface area (Å²) in [5.41, 5.74) is 1.08. The van der Waals surface area contributed by atoms with Gasteiger partial charge in [0.25, 0.3) is 11.8 Å². The molecule has 1 aromatic rings. The Bertz CT molecular complexity index is 687. The molecule has 0 aromatic heterocycles. The van der Waals surface area contributed by atoms with Gasteiger partial charge in [0, 0.05) is 31.1 Å². The molecule has 3 aliphatic rings. The van der Waals surface area contributed by atoms with E-state index in [4.69, 9.17) is 4.74 Å². The van der Waals surface area contributed by atoms with Crippen molar-refractivity contribution in [3.63, 3.8) is 0 Å². The van der Waals surface area contributed by atoms with Crippen LogP contribution in [0.5, 0.6) is 5.75 Å². The quantitative estimate of drug-likeness (QED) is 0.754. The van der Waals surface area contributed by atoms with Crippen LogP contribution in [0.3, 0.4) is 0 Å². The monoisotopic (exact) mass is 301 g/mol. The van der Waals surface area contributed by atoms with Gasteiger partial charge < -0.3 is 20.3 Å². The van der Waals surface area contributed by atoms with Crippen LogP contribution in [0, 0.1) is 11.8 Å². The van der Waals surface area contributed by atoms with Gasteiger partial charge in [-0.3, -0.25) is 14.4 Å². The van der Waals surface area contributed by atoms with E-state index in [1.165, 1.54) is 0 Å². The molecule has 0 saturated carbocycles. The third kappa shape index (κ3) is 2.01. The first kappa shape index (κ1) is 13.1. The van der Waals surface area contributed by atoms with E-state index < -0.39 is 0 Å². The third-order valence-corrected chi connectivity index (χ3v) is 4.46. The lowest BCUT2D eigenvalue weighted by atomic mass is 10.0. The Morgan fingerprint density at radius 1 is 1.27 bits per heavy atom. The highest BCUT2D eigenvalue weighted by atomic mass is 16.5. The molecule has 2 fully saturated rings. The molecule has 3 aliphatic heterocycles. The molecule has 4 rings (SSSR count). The van der Waals surface area contributed by atoms with Gasteiger partial charge in [0.05, 0.1) is 11.6 Å². The van der Waals surface area contributed by atoms with Crippen molar-refractivity contribution in [2.24, 2.45) is 11.8 Å². The van der Waals surface area contributed by atoms with Gasteiger partial charge in [-0.05, 0) is 18.2 Å². The largest absolute Gasteiger partial charge is 0.482 e. The maximum atomic E-state index is 12.6. The number of amides is 3. The first-order valence-electron chi connectivity index (χ1n) is 7.25. The van der Waals surface area contributed by atoms with Crippen LogP contribution < -0.4 is 15.4 Å². The Hall–Kier alpha value is -2.57. The molecule has 0 aliphatic carbocycles. The number of hydrogen-bond acceptors (Lipinski definition) is 4. The minimum absolute atomic E-state index is 0.0387. The molecule has 1 aromatic carbocycles. The summed E-state index contributed by atoms with van der Waals surface area (Å²) in [5, 5.41) is 5.52. The van der Waals surface area contributed by atoms with Crippen LogP contribution in [-0.4, -0.2) is 48.9 Å². The zero-order chi connectivity index (χ0) is 15.3. The molecule has 2 N–H and O–H groups in total. The van der Waals surface area contributed by atoms with Crippen LogP contribution in [-0.2, 0) is 9.59 Å². The Labute approximate surface area is 126 Å². The van der Waals surface area contributed by atoms with Crippen molar-refractivity contribution in [2.45, 2.75) is 0 Å². The molecule has 114 valence electrons.